The van der Waals surface area contributed by atoms with E-state index < -0.39 is 0 Å². The highest BCUT2D eigenvalue weighted by molar-refractivity contribution is 5.79. The molecule has 0 aliphatic carbocycles. The maximum Gasteiger partial charge on any atom is 0.193 e. The smallest absolute Gasteiger partial charge is 0.193 e. The molecule has 0 atom stereocenters. The van der Waals surface area contributed by atoms with Gasteiger partial charge in [0.1, 0.15) is 47.4 Å². The number of hydrogen-bond acceptors (Lipinski definition) is 12. The van der Waals surface area contributed by atoms with E-state index in [-0.39, 0.29) is 10.9 Å². The normalized spacial score (nSPS) is 10.9. The number of rotatable bonds is 19. The van der Waals surface area contributed by atoms with E-state index >= 15 is 0 Å². The first-order valence-electron chi connectivity index (χ1n) is 21.6. The molecule has 0 unspecified atom stereocenters. The molecule has 12 nitrogen and oxygen atoms in total. The van der Waals surface area contributed by atoms with Crippen LogP contribution < -0.4 is 26.1 Å². The molecule has 8 rings (SSSR count). The molecule has 0 bridgehead atoms. The summed E-state index contributed by atoms with van der Waals surface area (Å²) >= 11 is 0. The second-order valence-corrected chi connectivity index (χ2v) is 15.0. The molecule has 66 heavy (non-hydrogen) atoms. The monoisotopic (exact) mass is 894 g/mol. The highest BCUT2D eigenvalue weighted by atomic mass is 19.1. The minimum absolute atomic E-state index is 0.0516. The Morgan fingerprint density at radius 3 is 1.41 bits per heavy atom. The molecule has 0 amide bonds. The van der Waals surface area contributed by atoms with E-state index in [0.29, 0.717) is 86.8 Å². The molecule has 4 aromatic heterocycles. The maximum absolute atomic E-state index is 12.4. The number of nitrogens with zero attached hydrogens (tertiary/aromatic N) is 3. The average molecular weight is 895 g/mol. The van der Waals surface area contributed by atoms with Crippen LogP contribution in [0.3, 0.4) is 0 Å². The number of pyridine rings is 2. The highest BCUT2D eigenvalue weighted by Crippen LogP contribution is 2.26. The molecule has 0 radical (unpaired) electrons. The van der Waals surface area contributed by atoms with Crippen LogP contribution in [0.1, 0.15) is 22.8 Å². The fourth-order valence-corrected chi connectivity index (χ4v) is 6.89. The van der Waals surface area contributed by atoms with Gasteiger partial charge in [0.2, 0.25) is 0 Å². The average Bonchev–Trinajstić information content (AvgIpc) is 3.34. The van der Waals surface area contributed by atoms with Crippen LogP contribution in [0.25, 0.3) is 44.6 Å². The van der Waals surface area contributed by atoms with Gasteiger partial charge in [-0.3, -0.25) is 28.8 Å². The molecular formula is C53H55FN4O8. The van der Waals surface area contributed by atoms with Crippen molar-refractivity contribution in [1.82, 2.24) is 14.9 Å². The van der Waals surface area contributed by atoms with Crippen molar-refractivity contribution in [3.63, 3.8) is 0 Å². The zero-order chi connectivity index (χ0) is 46.5. The number of nitrogens with two attached hydrogens (primary N) is 1. The van der Waals surface area contributed by atoms with Gasteiger partial charge >= 0.3 is 0 Å². The number of alkyl halides is 1. The summed E-state index contributed by atoms with van der Waals surface area (Å²) in [6.07, 6.45) is 0. The van der Waals surface area contributed by atoms with Crippen LogP contribution in [0, 0.1) is 13.8 Å². The molecule has 2 N–H and O–H groups in total. The predicted molar refractivity (Wildman–Crippen MR) is 257 cm³/mol. The van der Waals surface area contributed by atoms with Crippen molar-refractivity contribution in [2.45, 2.75) is 26.9 Å². The fourth-order valence-electron chi connectivity index (χ4n) is 6.89. The van der Waals surface area contributed by atoms with Crippen LogP contribution in [0.4, 0.5) is 4.39 Å². The predicted octanol–water partition coefficient (Wildman–Crippen LogP) is 9.36. The van der Waals surface area contributed by atoms with Crippen molar-refractivity contribution in [1.29, 1.82) is 0 Å². The van der Waals surface area contributed by atoms with Crippen LogP contribution in [0.2, 0.25) is 0 Å². The maximum atomic E-state index is 12.4. The Morgan fingerprint density at radius 1 is 0.530 bits per heavy atom. The van der Waals surface area contributed by atoms with Crippen molar-refractivity contribution in [2.24, 2.45) is 5.73 Å². The van der Waals surface area contributed by atoms with Crippen LogP contribution in [-0.4, -0.2) is 74.8 Å². The summed E-state index contributed by atoms with van der Waals surface area (Å²) in [5.41, 5.74) is 12.1. The molecule has 0 spiro atoms. The Morgan fingerprint density at radius 2 is 0.970 bits per heavy atom. The molecule has 0 fully saturated rings. The molecule has 4 heterocycles. The van der Waals surface area contributed by atoms with Gasteiger partial charge in [-0.15, -0.1) is 0 Å². The third kappa shape index (κ3) is 14.5. The zero-order valence-electron chi connectivity index (χ0n) is 37.5. The Hall–Kier alpha value is -7.03. The summed E-state index contributed by atoms with van der Waals surface area (Å²) in [7, 11) is 0.500. The SMILES string of the molecule is CF.Cc1cccc(CN(CCOCCOc2ccc(-c3cc(=O)c4ccccc4o3)cc2)Cc2cccc(C)n2)n1.NCCOCCOc1ccc(-c2cc(=O)c3ccccc3o2)cc1. The lowest BCUT2D eigenvalue weighted by atomic mass is 10.1. The van der Waals surface area contributed by atoms with Gasteiger partial charge in [-0.1, -0.05) is 36.4 Å². The first-order valence-corrected chi connectivity index (χ1v) is 21.6. The summed E-state index contributed by atoms with van der Waals surface area (Å²) in [6, 6.07) is 44.6. The van der Waals surface area contributed by atoms with Crippen LogP contribution in [0.15, 0.2) is 164 Å². The van der Waals surface area contributed by atoms with Gasteiger partial charge in [0.15, 0.2) is 10.9 Å². The quantitative estimate of drug-likeness (QED) is 0.0770. The molecule has 0 saturated heterocycles. The number of benzene rings is 4. The van der Waals surface area contributed by atoms with Crippen molar-refractivity contribution < 1.29 is 32.2 Å². The number of ether oxygens (including phenoxy) is 4. The minimum Gasteiger partial charge on any atom is -0.491 e. The van der Waals surface area contributed by atoms with E-state index in [4.69, 9.17) is 33.5 Å². The molecule has 0 aliphatic rings. The summed E-state index contributed by atoms with van der Waals surface area (Å²) in [5.74, 6) is 2.53. The number of aryl methyl sites for hydroxylation is 2. The lowest BCUT2D eigenvalue weighted by molar-refractivity contribution is 0.0754. The number of para-hydroxylation sites is 2. The van der Waals surface area contributed by atoms with Crippen LogP contribution in [0.5, 0.6) is 11.5 Å². The number of fused-ring (bicyclic) bond motifs is 2. The van der Waals surface area contributed by atoms with E-state index in [1.54, 1.807) is 24.3 Å². The lowest BCUT2D eigenvalue weighted by Gasteiger charge is -2.22. The summed E-state index contributed by atoms with van der Waals surface area (Å²) < 4.78 is 43.8. The molecule has 13 heteroatoms. The standard InChI is InChI=1S/C33H33N3O4.C19H19NO4.CH3F/c1-24-7-5-9-27(34-24)22-36(23-28-10-6-8-25(2)35-28)17-18-38-19-20-39-29-15-13-26(14-16-29)33-21-31(37)30-11-3-4-12-32(30)40-33;20-9-10-22-11-12-23-15-7-5-14(6-8-15)19-13-17(21)16-3-1-2-4-18(16)24-19;1-2/h3-16,21H,17-20,22-23H2,1-2H3;1-8,13H,9-12,20H2;1H3. The second kappa shape index (κ2) is 25.5. The molecule has 0 saturated carbocycles. The third-order valence-corrected chi connectivity index (χ3v) is 10.0. The van der Waals surface area contributed by atoms with E-state index in [9.17, 15) is 14.0 Å². The Bertz CT molecular complexity index is 2800. The molecule has 4 aromatic carbocycles. The van der Waals surface area contributed by atoms with Crippen LogP contribution in [-0.2, 0) is 22.6 Å². The second-order valence-electron chi connectivity index (χ2n) is 15.0. The Balaban J connectivity index is 0.000000236. The van der Waals surface area contributed by atoms with E-state index in [1.807, 2.05) is 111 Å². The Labute approximate surface area is 383 Å². The van der Waals surface area contributed by atoms with Gasteiger partial charge < -0.3 is 33.5 Å². The highest BCUT2D eigenvalue weighted by Gasteiger charge is 2.11. The van der Waals surface area contributed by atoms with Crippen molar-refractivity contribution in [2.75, 3.05) is 59.9 Å². The van der Waals surface area contributed by atoms with E-state index in [2.05, 4.69) is 27.0 Å². The van der Waals surface area contributed by atoms with E-state index in [0.717, 1.165) is 65.0 Å². The number of hydrogen-bond donors (Lipinski definition) is 1. The summed E-state index contributed by atoms with van der Waals surface area (Å²) in [4.78, 5) is 36.2. The number of halogens is 1. The van der Waals surface area contributed by atoms with E-state index in [1.165, 1.54) is 12.1 Å². The lowest BCUT2D eigenvalue weighted by Crippen LogP contribution is -2.28. The summed E-state index contributed by atoms with van der Waals surface area (Å²) in [6.45, 7) is 9.68. The number of aromatic nitrogens is 2. The van der Waals surface area contributed by atoms with Crippen molar-refractivity contribution >= 4 is 21.9 Å². The summed E-state index contributed by atoms with van der Waals surface area (Å²) in [5, 5.41) is 1.16. The molecular weight excluding hydrogens is 840 g/mol. The minimum atomic E-state index is -0.0572. The molecule has 342 valence electrons. The largest absolute Gasteiger partial charge is 0.491 e. The molecule has 8 aromatic rings. The van der Waals surface area contributed by atoms with Gasteiger partial charge in [-0.2, -0.15) is 0 Å². The zero-order valence-corrected chi connectivity index (χ0v) is 37.5. The Kier molecular flexibility index (Phi) is 18.7. The van der Waals surface area contributed by atoms with Gasteiger partial charge in [-0.05, 0) is 111 Å². The van der Waals surface area contributed by atoms with Gasteiger partial charge in [0.05, 0.1) is 55.8 Å². The van der Waals surface area contributed by atoms with Crippen molar-refractivity contribution in [3.8, 4) is 34.1 Å². The third-order valence-electron chi connectivity index (χ3n) is 10.0. The van der Waals surface area contributed by atoms with Crippen molar-refractivity contribution in [3.05, 3.63) is 189 Å². The van der Waals surface area contributed by atoms with Gasteiger partial charge in [-0.25, -0.2) is 0 Å². The van der Waals surface area contributed by atoms with Gasteiger partial charge in [0.25, 0.3) is 0 Å². The van der Waals surface area contributed by atoms with Crippen LogP contribution >= 0.6 is 0 Å². The first-order chi connectivity index (χ1) is 32.3. The fraction of sp³-hybridized carbons (Fsp3) is 0.245. The molecule has 0 aliphatic heterocycles. The topological polar surface area (TPSA) is 152 Å². The van der Waals surface area contributed by atoms with Gasteiger partial charge in [0, 0.05) is 60.8 Å². The first kappa shape index (κ1) is 48.4.